The number of thioether (sulfide) groups is 1. The van der Waals surface area contributed by atoms with E-state index in [2.05, 4.69) is 10.1 Å². The summed E-state index contributed by atoms with van der Waals surface area (Å²) in [5.74, 6) is 1.92. The van der Waals surface area contributed by atoms with Crippen molar-refractivity contribution < 1.29 is 14.3 Å². The Hall–Kier alpha value is -0.790. The van der Waals surface area contributed by atoms with Gasteiger partial charge in [0.05, 0.1) is 19.7 Å². The molecule has 0 aromatic rings. The maximum Gasteiger partial charge on any atom is 0.319 e. The van der Waals surface area contributed by atoms with Gasteiger partial charge in [-0.05, 0) is 0 Å². The second-order valence-electron chi connectivity index (χ2n) is 4.76. The number of piperazine rings is 1. The summed E-state index contributed by atoms with van der Waals surface area (Å²) in [5.41, 5.74) is 0. The van der Waals surface area contributed by atoms with Gasteiger partial charge < -0.3 is 15.0 Å². The first-order valence-electron chi connectivity index (χ1n) is 6.60. The molecule has 2 heterocycles. The molecule has 0 radical (unpaired) electrons. The molecule has 19 heavy (non-hydrogen) atoms. The van der Waals surface area contributed by atoms with Crippen molar-refractivity contribution in [2.24, 2.45) is 0 Å². The molecule has 2 rings (SSSR count). The molecule has 2 aliphatic rings. The van der Waals surface area contributed by atoms with Crippen LogP contribution < -0.4 is 5.32 Å². The Morgan fingerprint density at radius 3 is 2.63 bits per heavy atom. The summed E-state index contributed by atoms with van der Waals surface area (Å²) >= 11 is 1.83. The van der Waals surface area contributed by atoms with Gasteiger partial charge in [-0.2, -0.15) is 11.8 Å². The van der Waals surface area contributed by atoms with Crippen molar-refractivity contribution in [3.8, 4) is 0 Å². The van der Waals surface area contributed by atoms with Crippen LogP contribution in [0, 0.1) is 0 Å². The van der Waals surface area contributed by atoms with Crippen molar-refractivity contribution in [2.75, 3.05) is 57.9 Å². The van der Waals surface area contributed by atoms with E-state index < -0.39 is 0 Å². The number of methoxy groups -OCH3 is 1. The van der Waals surface area contributed by atoms with E-state index in [0.29, 0.717) is 19.6 Å². The summed E-state index contributed by atoms with van der Waals surface area (Å²) in [5, 5.41) is 3.27. The lowest BCUT2D eigenvalue weighted by Gasteiger charge is -2.36. The molecule has 108 valence electrons. The van der Waals surface area contributed by atoms with E-state index in [0.717, 1.165) is 31.1 Å². The number of carbonyl (C=O) groups is 2. The molecule has 0 aromatic carbocycles. The van der Waals surface area contributed by atoms with Crippen molar-refractivity contribution in [3.05, 3.63) is 0 Å². The molecular weight excluding hydrogens is 266 g/mol. The van der Waals surface area contributed by atoms with Crippen LogP contribution in [0.15, 0.2) is 0 Å². The second kappa shape index (κ2) is 7.12. The Bertz CT molecular complexity index is 326. The highest BCUT2D eigenvalue weighted by atomic mass is 32.2. The van der Waals surface area contributed by atoms with Gasteiger partial charge >= 0.3 is 5.97 Å². The summed E-state index contributed by atoms with van der Waals surface area (Å²) in [6, 6.07) is -0.0362. The predicted octanol–water partition coefficient (Wildman–Crippen LogP) is -0.991. The van der Waals surface area contributed by atoms with Crippen molar-refractivity contribution in [2.45, 2.75) is 6.04 Å². The number of esters is 1. The zero-order valence-electron chi connectivity index (χ0n) is 11.3. The van der Waals surface area contributed by atoms with Gasteiger partial charge in [0.1, 0.15) is 0 Å². The number of nitrogens with one attached hydrogen (secondary N) is 1. The summed E-state index contributed by atoms with van der Waals surface area (Å²) in [7, 11) is 1.40. The van der Waals surface area contributed by atoms with Crippen LogP contribution >= 0.6 is 11.8 Å². The van der Waals surface area contributed by atoms with Gasteiger partial charge in [0.15, 0.2) is 0 Å². The number of nitrogens with zero attached hydrogens (tertiary/aromatic N) is 2. The molecule has 1 unspecified atom stereocenters. The zero-order valence-corrected chi connectivity index (χ0v) is 12.1. The van der Waals surface area contributed by atoms with E-state index in [1.807, 2.05) is 21.6 Å². The van der Waals surface area contributed by atoms with Crippen molar-refractivity contribution in [1.29, 1.82) is 0 Å². The summed E-state index contributed by atoms with van der Waals surface area (Å²) < 4.78 is 4.65. The highest BCUT2D eigenvalue weighted by molar-refractivity contribution is 7.99. The Morgan fingerprint density at radius 2 is 2.05 bits per heavy atom. The molecular formula is C12H21N3O3S. The van der Waals surface area contributed by atoms with Gasteiger partial charge in [0, 0.05) is 44.2 Å². The number of carbonyl (C=O) groups excluding carboxylic acids is 2. The third kappa shape index (κ3) is 4.09. The molecule has 2 saturated heterocycles. The predicted molar refractivity (Wildman–Crippen MR) is 74.2 cm³/mol. The maximum absolute atomic E-state index is 12.3. The van der Waals surface area contributed by atoms with E-state index in [9.17, 15) is 9.59 Å². The Morgan fingerprint density at radius 1 is 1.32 bits per heavy atom. The lowest BCUT2D eigenvalue weighted by atomic mass is 10.2. The van der Waals surface area contributed by atoms with Gasteiger partial charge in [-0.25, -0.2) is 0 Å². The highest BCUT2D eigenvalue weighted by Gasteiger charge is 2.28. The molecule has 0 aliphatic carbocycles. The third-order valence-corrected chi connectivity index (χ3v) is 4.55. The van der Waals surface area contributed by atoms with E-state index >= 15 is 0 Å². The van der Waals surface area contributed by atoms with Crippen molar-refractivity contribution >= 4 is 23.6 Å². The minimum absolute atomic E-state index is 0.0362. The fraction of sp³-hybridized carbons (Fsp3) is 0.833. The molecule has 6 nitrogen and oxygen atoms in total. The minimum Gasteiger partial charge on any atom is -0.468 e. The molecule has 0 bridgehead atoms. The van der Waals surface area contributed by atoms with Crippen LogP contribution in [0.5, 0.6) is 0 Å². The minimum atomic E-state index is -0.217. The average molecular weight is 287 g/mol. The molecule has 2 aliphatic heterocycles. The van der Waals surface area contributed by atoms with Crippen LogP contribution in [-0.2, 0) is 14.3 Å². The molecule has 0 aromatic heterocycles. The van der Waals surface area contributed by atoms with E-state index in [-0.39, 0.29) is 17.9 Å². The van der Waals surface area contributed by atoms with Crippen LogP contribution in [-0.4, -0.2) is 85.6 Å². The first-order chi connectivity index (χ1) is 9.20. The number of amides is 1. The Kier molecular flexibility index (Phi) is 5.47. The number of hydrogen-bond acceptors (Lipinski definition) is 6. The van der Waals surface area contributed by atoms with Gasteiger partial charge in [0.2, 0.25) is 5.91 Å². The first kappa shape index (κ1) is 14.6. The molecule has 7 heteroatoms. The summed E-state index contributed by atoms with van der Waals surface area (Å²) in [6.07, 6.45) is 0. The molecule has 1 amide bonds. The largest absolute Gasteiger partial charge is 0.468 e. The van der Waals surface area contributed by atoms with Gasteiger partial charge in [-0.3, -0.25) is 14.5 Å². The summed E-state index contributed by atoms with van der Waals surface area (Å²) in [4.78, 5) is 27.4. The Balaban J connectivity index is 1.76. The highest BCUT2D eigenvalue weighted by Crippen LogP contribution is 2.11. The normalized spacial score (nSPS) is 25.1. The Labute approximate surface area is 117 Å². The van der Waals surface area contributed by atoms with E-state index in [4.69, 9.17) is 0 Å². The van der Waals surface area contributed by atoms with Gasteiger partial charge in [-0.1, -0.05) is 0 Å². The van der Waals surface area contributed by atoms with E-state index in [1.165, 1.54) is 7.11 Å². The van der Waals surface area contributed by atoms with Crippen LogP contribution in [0.4, 0.5) is 0 Å². The topological polar surface area (TPSA) is 61.9 Å². The van der Waals surface area contributed by atoms with Crippen LogP contribution in [0.3, 0.4) is 0 Å². The van der Waals surface area contributed by atoms with Crippen LogP contribution in [0.2, 0.25) is 0 Å². The molecule has 2 fully saturated rings. The second-order valence-corrected chi connectivity index (χ2v) is 5.91. The van der Waals surface area contributed by atoms with Crippen LogP contribution in [0.25, 0.3) is 0 Å². The maximum atomic E-state index is 12.3. The third-order valence-electron chi connectivity index (χ3n) is 3.48. The standard InChI is InChI=1S/C12H21N3O3S/c1-18-11(16)8-14-3-5-15(6-4-14)12(17)10-9-19-7-2-13-10/h10,13H,2-9H2,1H3. The lowest BCUT2D eigenvalue weighted by Crippen LogP contribution is -2.56. The quantitative estimate of drug-likeness (QED) is 0.673. The van der Waals surface area contributed by atoms with Crippen molar-refractivity contribution in [3.63, 3.8) is 0 Å². The smallest absolute Gasteiger partial charge is 0.319 e. The first-order valence-corrected chi connectivity index (χ1v) is 7.75. The summed E-state index contributed by atoms with van der Waals surface area (Å²) in [6.45, 7) is 4.08. The van der Waals surface area contributed by atoms with Gasteiger partial charge in [-0.15, -0.1) is 0 Å². The number of rotatable bonds is 3. The monoisotopic (exact) mass is 287 g/mol. The zero-order chi connectivity index (χ0) is 13.7. The van der Waals surface area contributed by atoms with Crippen molar-refractivity contribution in [1.82, 2.24) is 15.1 Å². The van der Waals surface area contributed by atoms with E-state index in [1.54, 1.807) is 0 Å². The average Bonchev–Trinajstić information content (AvgIpc) is 2.48. The van der Waals surface area contributed by atoms with Crippen LogP contribution in [0.1, 0.15) is 0 Å². The SMILES string of the molecule is COC(=O)CN1CCN(C(=O)C2CSCCN2)CC1. The molecule has 0 spiro atoms. The molecule has 0 saturated carbocycles. The lowest BCUT2D eigenvalue weighted by molar-refractivity contribution is -0.143. The fourth-order valence-electron chi connectivity index (χ4n) is 2.32. The molecule has 1 atom stereocenters. The fourth-order valence-corrected chi connectivity index (χ4v) is 3.24. The molecule has 1 N–H and O–H groups in total. The van der Waals surface area contributed by atoms with Gasteiger partial charge in [0.25, 0.3) is 0 Å². The number of ether oxygens (including phenoxy) is 1. The number of hydrogen-bond donors (Lipinski definition) is 1.